The number of esters is 1. The predicted molar refractivity (Wildman–Crippen MR) is 58.6 cm³/mol. The quantitative estimate of drug-likeness (QED) is 0.471. The lowest BCUT2D eigenvalue weighted by atomic mass is 10.1. The molecule has 1 aromatic carbocycles. The van der Waals surface area contributed by atoms with E-state index in [9.17, 15) is 19.7 Å². The second-order valence-corrected chi connectivity index (χ2v) is 3.46. The van der Waals surface area contributed by atoms with Crippen molar-refractivity contribution < 1.29 is 24.0 Å². The molecule has 1 aliphatic heterocycles. The van der Waals surface area contributed by atoms with Crippen molar-refractivity contribution in [1.29, 1.82) is 0 Å². The summed E-state index contributed by atoms with van der Waals surface area (Å²) in [5, 5.41) is 13.3. The Hall–Kier alpha value is -2.64. The highest BCUT2D eigenvalue weighted by Gasteiger charge is 2.28. The zero-order chi connectivity index (χ0) is 13.3. The lowest BCUT2D eigenvalue weighted by molar-refractivity contribution is -0.385. The number of carbonyl (C=O) groups excluding carboxylic acids is 2. The summed E-state index contributed by atoms with van der Waals surface area (Å²) in [6.45, 7) is -0.300. The number of fused-ring (bicyclic) bond motifs is 1. The molecule has 0 radical (unpaired) electrons. The summed E-state index contributed by atoms with van der Waals surface area (Å²) in [6, 6.07) is 2.31. The summed E-state index contributed by atoms with van der Waals surface area (Å²) >= 11 is 0. The number of nitro benzene ring substituents is 1. The molecule has 0 bridgehead atoms. The van der Waals surface area contributed by atoms with Gasteiger partial charge in [0, 0.05) is 6.07 Å². The highest BCUT2D eigenvalue weighted by Crippen LogP contribution is 2.38. The highest BCUT2D eigenvalue weighted by atomic mass is 16.6. The molecular weight excluding hydrogens is 244 g/mol. The van der Waals surface area contributed by atoms with E-state index < -0.39 is 22.5 Å². The van der Waals surface area contributed by atoms with E-state index in [2.05, 4.69) is 10.1 Å². The van der Waals surface area contributed by atoms with Crippen LogP contribution >= 0.6 is 0 Å². The first kappa shape index (κ1) is 11.8. The van der Waals surface area contributed by atoms with Crippen molar-refractivity contribution in [2.24, 2.45) is 0 Å². The minimum atomic E-state index is -0.735. The van der Waals surface area contributed by atoms with Crippen LogP contribution in [0.25, 0.3) is 0 Å². The molecule has 1 amide bonds. The van der Waals surface area contributed by atoms with Gasteiger partial charge in [-0.15, -0.1) is 0 Å². The van der Waals surface area contributed by atoms with Crippen molar-refractivity contribution in [3.63, 3.8) is 0 Å². The largest absolute Gasteiger partial charge is 0.475 e. The topological polar surface area (TPSA) is 108 Å². The van der Waals surface area contributed by atoms with Crippen LogP contribution in [0.3, 0.4) is 0 Å². The normalized spacial score (nSPS) is 13.1. The van der Waals surface area contributed by atoms with E-state index in [4.69, 9.17) is 4.74 Å². The van der Waals surface area contributed by atoms with Crippen LogP contribution in [0.2, 0.25) is 0 Å². The smallest absolute Gasteiger partial charge is 0.338 e. The van der Waals surface area contributed by atoms with Crippen molar-refractivity contribution in [1.82, 2.24) is 0 Å². The van der Waals surface area contributed by atoms with Gasteiger partial charge in [-0.2, -0.15) is 0 Å². The summed E-state index contributed by atoms with van der Waals surface area (Å²) < 4.78 is 9.46. The Morgan fingerprint density at radius 2 is 2.28 bits per heavy atom. The van der Waals surface area contributed by atoms with Gasteiger partial charge in [0.1, 0.15) is 0 Å². The lowest BCUT2D eigenvalue weighted by Gasteiger charge is -2.18. The summed E-state index contributed by atoms with van der Waals surface area (Å²) in [5.74, 6) is -1.24. The number of nitro groups is 1. The first-order valence-corrected chi connectivity index (χ1v) is 4.86. The summed E-state index contributed by atoms with van der Waals surface area (Å²) in [5.41, 5.74) is -0.345. The molecule has 2 rings (SSSR count). The van der Waals surface area contributed by atoms with Gasteiger partial charge in [0.25, 0.3) is 5.91 Å². The zero-order valence-corrected chi connectivity index (χ0v) is 9.26. The number of hydrogen-bond acceptors (Lipinski definition) is 6. The third-order valence-electron chi connectivity index (χ3n) is 2.31. The molecule has 0 aromatic heterocycles. The Kier molecular flexibility index (Phi) is 2.84. The predicted octanol–water partition coefficient (Wildman–Crippen LogP) is 0.712. The number of carbonyl (C=O) groups is 2. The Morgan fingerprint density at radius 3 is 2.89 bits per heavy atom. The molecule has 0 fully saturated rings. The minimum absolute atomic E-state index is 0.0336. The van der Waals surface area contributed by atoms with E-state index in [-0.39, 0.29) is 23.6 Å². The molecule has 1 aliphatic rings. The number of nitrogens with zero attached hydrogens (tertiary/aromatic N) is 1. The number of ether oxygens (including phenoxy) is 2. The average molecular weight is 252 g/mol. The van der Waals surface area contributed by atoms with Crippen LogP contribution in [0.4, 0.5) is 11.4 Å². The Balaban J connectivity index is 2.58. The van der Waals surface area contributed by atoms with E-state index in [0.29, 0.717) is 0 Å². The summed E-state index contributed by atoms with van der Waals surface area (Å²) in [7, 11) is 1.16. The van der Waals surface area contributed by atoms with Crippen LogP contribution in [0.15, 0.2) is 12.1 Å². The lowest BCUT2D eigenvalue weighted by Crippen LogP contribution is -2.26. The first-order valence-electron chi connectivity index (χ1n) is 4.86. The number of methoxy groups -OCH3 is 1. The van der Waals surface area contributed by atoms with Crippen molar-refractivity contribution in [2.45, 2.75) is 0 Å². The fourth-order valence-corrected chi connectivity index (χ4v) is 1.55. The minimum Gasteiger partial charge on any atom is -0.475 e. The molecule has 94 valence electrons. The van der Waals surface area contributed by atoms with E-state index in [1.54, 1.807) is 0 Å². The van der Waals surface area contributed by atoms with Crippen LogP contribution in [-0.2, 0) is 9.53 Å². The molecule has 0 spiro atoms. The SMILES string of the molecule is COC(=O)c1cc2c(c([N+](=O)[O-])c1)OCC(=O)N2. The van der Waals surface area contributed by atoms with Gasteiger partial charge in [-0.3, -0.25) is 14.9 Å². The molecule has 8 nitrogen and oxygen atoms in total. The van der Waals surface area contributed by atoms with Gasteiger partial charge in [0.2, 0.25) is 5.75 Å². The van der Waals surface area contributed by atoms with E-state index >= 15 is 0 Å². The van der Waals surface area contributed by atoms with Crippen LogP contribution in [0.1, 0.15) is 10.4 Å². The summed E-state index contributed by atoms with van der Waals surface area (Å²) in [6.07, 6.45) is 0. The van der Waals surface area contributed by atoms with Gasteiger partial charge in [0.05, 0.1) is 23.3 Å². The Bertz CT molecular complexity index is 554. The van der Waals surface area contributed by atoms with Gasteiger partial charge < -0.3 is 14.8 Å². The van der Waals surface area contributed by atoms with Crippen LogP contribution in [0.5, 0.6) is 5.75 Å². The number of anilines is 1. The second-order valence-electron chi connectivity index (χ2n) is 3.46. The molecule has 1 N–H and O–H groups in total. The van der Waals surface area contributed by atoms with Crippen LogP contribution in [-0.4, -0.2) is 30.5 Å². The maximum Gasteiger partial charge on any atom is 0.338 e. The first-order chi connectivity index (χ1) is 8.52. The number of hydrogen-bond donors (Lipinski definition) is 1. The summed E-state index contributed by atoms with van der Waals surface area (Å²) in [4.78, 5) is 32.7. The molecule has 0 saturated heterocycles. The molecule has 1 heterocycles. The molecule has 0 atom stereocenters. The van der Waals surface area contributed by atoms with Crippen LogP contribution < -0.4 is 10.1 Å². The van der Waals surface area contributed by atoms with Gasteiger partial charge in [-0.1, -0.05) is 0 Å². The maximum absolute atomic E-state index is 11.4. The molecular formula is C10H8N2O6. The standard InChI is InChI=1S/C10H8N2O6/c1-17-10(14)5-2-6-9(7(3-5)12(15)16)18-4-8(13)11-6/h2-3H,4H2,1H3,(H,11,13). The van der Waals surface area contributed by atoms with E-state index in [1.165, 1.54) is 6.07 Å². The molecule has 0 saturated carbocycles. The van der Waals surface area contributed by atoms with Crippen molar-refractivity contribution in [2.75, 3.05) is 19.0 Å². The average Bonchev–Trinajstić information content (AvgIpc) is 2.35. The molecule has 0 unspecified atom stereocenters. The molecule has 8 heteroatoms. The third-order valence-corrected chi connectivity index (χ3v) is 2.31. The monoisotopic (exact) mass is 252 g/mol. The van der Waals surface area contributed by atoms with Crippen molar-refractivity contribution >= 4 is 23.3 Å². The number of rotatable bonds is 2. The van der Waals surface area contributed by atoms with E-state index in [1.807, 2.05) is 0 Å². The van der Waals surface area contributed by atoms with Crippen LogP contribution in [0, 0.1) is 10.1 Å². The Morgan fingerprint density at radius 1 is 1.56 bits per heavy atom. The second kappa shape index (κ2) is 4.32. The van der Waals surface area contributed by atoms with Gasteiger partial charge in [-0.25, -0.2) is 4.79 Å². The number of amides is 1. The third kappa shape index (κ3) is 1.95. The number of benzene rings is 1. The molecule has 0 aliphatic carbocycles. The van der Waals surface area contributed by atoms with Gasteiger partial charge in [-0.05, 0) is 6.07 Å². The van der Waals surface area contributed by atoms with Crippen molar-refractivity contribution in [3.05, 3.63) is 27.8 Å². The maximum atomic E-state index is 11.4. The van der Waals surface area contributed by atoms with Gasteiger partial charge in [0.15, 0.2) is 6.61 Å². The molecule has 1 aromatic rings. The fourth-order valence-electron chi connectivity index (χ4n) is 1.55. The van der Waals surface area contributed by atoms with Crippen molar-refractivity contribution in [3.8, 4) is 5.75 Å². The number of nitrogens with one attached hydrogen (secondary N) is 1. The Labute approximate surface area is 101 Å². The fraction of sp³-hybridized carbons (Fsp3) is 0.200. The highest BCUT2D eigenvalue weighted by molar-refractivity contribution is 6.00. The zero-order valence-electron chi connectivity index (χ0n) is 9.26. The van der Waals surface area contributed by atoms with E-state index in [0.717, 1.165) is 13.2 Å². The van der Waals surface area contributed by atoms with Gasteiger partial charge >= 0.3 is 11.7 Å². The molecule has 18 heavy (non-hydrogen) atoms.